The first-order chi connectivity index (χ1) is 5.89. The molecular weight excluding hydrogens is 166 g/mol. The maximum atomic E-state index is 10.5. The summed E-state index contributed by atoms with van der Waals surface area (Å²) in [5, 5.41) is 0. The predicted molar refractivity (Wildman–Crippen MR) is 51.2 cm³/mol. The molecule has 0 atom stereocenters. The van der Waals surface area contributed by atoms with Gasteiger partial charge in [-0.2, -0.15) is 0 Å². The molecule has 1 rings (SSSR count). The molecular formula is C10H17NO2. The fraction of sp³-hybridized carbons (Fsp3) is 0.700. The maximum Gasteiger partial charge on any atom is 0.405 e. The molecule has 0 radical (unpaired) electrons. The second kappa shape index (κ2) is 3.40. The first-order valence-electron chi connectivity index (χ1n) is 4.54. The van der Waals surface area contributed by atoms with Crippen LogP contribution in [0.25, 0.3) is 0 Å². The number of hydrogen-bond donors (Lipinski definition) is 1. The van der Waals surface area contributed by atoms with Crippen LogP contribution in [0.15, 0.2) is 12.2 Å². The third-order valence-corrected chi connectivity index (χ3v) is 2.31. The number of nitrogens with two attached hydrogens (primary N) is 1. The lowest BCUT2D eigenvalue weighted by atomic mass is 9.75. The Morgan fingerprint density at radius 3 is 2.62 bits per heavy atom. The molecule has 0 heterocycles. The summed E-state index contributed by atoms with van der Waals surface area (Å²) in [4.78, 5) is 10.5. The monoisotopic (exact) mass is 183 g/mol. The molecule has 1 amide bonds. The van der Waals surface area contributed by atoms with E-state index in [1.54, 1.807) is 0 Å². The molecule has 13 heavy (non-hydrogen) atoms. The van der Waals surface area contributed by atoms with Gasteiger partial charge >= 0.3 is 6.09 Å². The molecule has 0 aromatic rings. The molecule has 1 aliphatic carbocycles. The minimum atomic E-state index is -0.692. The number of ether oxygens (including phenoxy) is 1. The van der Waals surface area contributed by atoms with Gasteiger partial charge in [-0.15, -0.1) is 0 Å². The highest BCUT2D eigenvalue weighted by Crippen LogP contribution is 2.38. The van der Waals surface area contributed by atoms with E-state index in [-0.39, 0.29) is 0 Å². The largest absolute Gasteiger partial charge is 0.444 e. The van der Waals surface area contributed by atoms with Crippen molar-refractivity contribution in [3.8, 4) is 0 Å². The predicted octanol–water partition coefficient (Wildman–Crippen LogP) is 2.22. The Hall–Kier alpha value is -0.990. The highest BCUT2D eigenvalue weighted by atomic mass is 16.6. The van der Waals surface area contributed by atoms with E-state index in [0.717, 1.165) is 19.3 Å². The molecule has 0 saturated heterocycles. The fourth-order valence-electron chi connectivity index (χ4n) is 1.91. The molecule has 0 aliphatic heterocycles. The van der Waals surface area contributed by atoms with Gasteiger partial charge in [0.2, 0.25) is 0 Å². The SMILES string of the molecule is C=C1CC(CC(C)(C)OC(N)=O)C1. The summed E-state index contributed by atoms with van der Waals surface area (Å²) in [5.41, 5.74) is 5.82. The first-order valence-corrected chi connectivity index (χ1v) is 4.54. The van der Waals surface area contributed by atoms with Crippen molar-refractivity contribution in [1.29, 1.82) is 0 Å². The molecule has 3 nitrogen and oxygen atoms in total. The van der Waals surface area contributed by atoms with E-state index in [2.05, 4.69) is 6.58 Å². The van der Waals surface area contributed by atoms with Crippen molar-refractivity contribution >= 4 is 6.09 Å². The number of primary amides is 1. The van der Waals surface area contributed by atoms with Crippen LogP contribution < -0.4 is 5.73 Å². The van der Waals surface area contributed by atoms with Crippen LogP contribution in [-0.2, 0) is 4.74 Å². The third kappa shape index (κ3) is 3.09. The zero-order valence-electron chi connectivity index (χ0n) is 8.30. The Balaban J connectivity index is 2.33. The van der Waals surface area contributed by atoms with Crippen molar-refractivity contribution in [2.45, 2.75) is 38.7 Å². The van der Waals surface area contributed by atoms with Crippen molar-refractivity contribution < 1.29 is 9.53 Å². The van der Waals surface area contributed by atoms with E-state index in [1.165, 1.54) is 5.57 Å². The zero-order valence-corrected chi connectivity index (χ0v) is 8.30. The Morgan fingerprint density at radius 1 is 1.69 bits per heavy atom. The Labute approximate surface area is 78.9 Å². The molecule has 0 aromatic heterocycles. The van der Waals surface area contributed by atoms with E-state index < -0.39 is 11.7 Å². The van der Waals surface area contributed by atoms with Crippen LogP contribution in [0.4, 0.5) is 4.79 Å². The van der Waals surface area contributed by atoms with Crippen LogP contribution in [0.1, 0.15) is 33.1 Å². The smallest absolute Gasteiger partial charge is 0.405 e. The summed E-state index contributed by atoms with van der Waals surface area (Å²) in [5.74, 6) is 0.613. The maximum absolute atomic E-state index is 10.5. The number of hydrogen-bond acceptors (Lipinski definition) is 2. The molecule has 3 heteroatoms. The number of amides is 1. The number of carbonyl (C=O) groups is 1. The summed E-state index contributed by atoms with van der Waals surface area (Å²) in [7, 11) is 0. The highest BCUT2D eigenvalue weighted by molar-refractivity contribution is 5.65. The summed E-state index contributed by atoms with van der Waals surface area (Å²) in [6.45, 7) is 7.64. The van der Waals surface area contributed by atoms with Crippen molar-refractivity contribution in [2.24, 2.45) is 11.7 Å². The van der Waals surface area contributed by atoms with Gasteiger partial charge in [0, 0.05) is 0 Å². The van der Waals surface area contributed by atoms with E-state index in [0.29, 0.717) is 5.92 Å². The van der Waals surface area contributed by atoms with E-state index >= 15 is 0 Å². The van der Waals surface area contributed by atoms with Crippen LogP contribution >= 0.6 is 0 Å². The average Bonchev–Trinajstić information content (AvgIpc) is 1.79. The van der Waals surface area contributed by atoms with E-state index in [1.807, 2.05) is 13.8 Å². The molecule has 0 spiro atoms. The van der Waals surface area contributed by atoms with Gasteiger partial charge in [0.05, 0.1) is 0 Å². The number of carbonyl (C=O) groups excluding carboxylic acids is 1. The number of rotatable bonds is 3. The second-order valence-corrected chi connectivity index (χ2v) is 4.41. The standard InChI is InChI=1S/C10H17NO2/c1-7-4-8(5-7)6-10(2,3)13-9(11)12/h8H,1,4-6H2,2-3H3,(H2,11,12). The van der Waals surface area contributed by atoms with Crippen molar-refractivity contribution in [2.75, 3.05) is 0 Å². The van der Waals surface area contributed by atoms with Gasteiger partial charge < -0.3 is 10.5 Å². The Bertz CT molecular complexity index is 225. The van der Waals surface area contributed by atoms with Gasteiger partial charge in [0.25, 0.3) is 0 Å². The topological polar surface area (TPSA) is 52.3 Å². The summed E-state index contributed by atoms with van der Waals surface area (Å²) >= 11 is 0. The lowest BCUT2D eigenvalue weighted by Gasteiger charge is -2.35. The fourth-order valence-corrected chi connectivity index (χ4v) is 1.91. The molecule has 1 saturated carbocycles. The van der Waals surface area contributed by atoms with Gasteiger partial charge in [-0.3, -0.25) is 0 Å². The molecule has 0 bridgehead atoms. The van der Waals surface area contributed by atoms with Crippen LogP contribution in [0.2, 0.25) is 0 Å². The third-order valence-electron chi connectivity index (χ3n) is 2.31. The number of allylic oxidation sites excluding steroid dienone is 1. The van der Waals surface area contributed by atoms with Crippen LogP contribution in [0.3, 0.4) is 0 Å². The summed E-state index contributed by atoms with van der Waals surface area (Å²) < 4.78 is 4.99. The lowest BCUT2D eigenvalue weighted by Crippen LogP contribution is -2.35. The van der Waals surface area contributed by atoms with Crippen LogP contribution in [0, 0.1) is 5.92 Å². The molecule has 1 aliphatic rings. The van der Waals surface area contributed by atoms with Gasteiger partial charge in [0.1, 0.15) is 5.60 Å². The minimum Gasteiger partial charge on any atom is -0.444 e. The van der Waals surface area contributed by atoms with Gasteiger partial charge in [0.15, 0.2) is 0 Å². The average molecular weight is 183 g/mol. The van der Waals surface area contributed by atoms with Crippen molar-refractivity contribution in [1.82, 2.24) is 0 Å². The van der Waals surface area contributed by atoms with Crippen LogP contribution in [-0.4, -0.2) is 11.7 Å². The quantitative estimate of drug-likeness (QED) is 0.682. The van der Waals surface area contributed by atoms with Gasteiger partial charge in [-0.25, -0.2) is 4.79 Å². The molecule has 74 valence electrons. The Kier molecular flexibility index (Phi) is 2.64. The van der Waals surface area contributed by atoms with Crippen molar-refractivity contribution in [3.05, 3.63) is 12.2 Å². The van der Waals surface area contributed by atoms with E-state index in [4.69, 9.17) is 10.5 Å². The zero-order chi connectivity index (χ0) is 10.1. The second-order valence-electron chi connectivity index (χ2n) is 4.41. The van der Waals surface area contributed by atoms with Crippen molar-refractivity contribution in [3.63, 3.8) is 0 Å². The molecule has 1 fully saturated rings. The van der Waals surface area contributed by atoms with Crippen LogP contribution in [0.5, 0.6) is 0 Å². The molecule has 2 N–H and O–H groups in total. The summed E-state index contributed by atoms with van der Waals surface area (Å²) in [6, 6.07) is 0. The van der Waals surface area contributed by atoms with E-state index in [9.17, 15) is 4.79 Å². The molecule has 0 unspecified atom stereocenters. The Morgan fingerprint density at radius 2 is 2.23 bits per heavy atom. The molecule has 0 aromatic carbocycles. The normalized spacial score (nSPS) is 18.2. The first kappa shape index (κ1) is 10.1. The minimum absolute atomic E-state index is 0.433. The summed E-state index contributed by atoms with van der Waals surface area (Å²) in [6.07, 6.45) is 2.30. The lowest BCUT2D eigenvalue weighted by molar-refractivity contribution is 0.0220. The van der Waals surface area contributed by atoms with Gasteiger partial charge in [-0.05, 0) is 39.0 Å². The highest BCUT2D eigenvalue weighted by Gasteiger charge is 2.31. The van der Waals surface area contributed by atoms with Gasteiger partial charge in [-0.1, -0.05) is 12.2 Å².